The molecule has 1 rings (SSSR count). The second kappa shape index (κ2) is 5.85. The number of carboxylic acids is 1. The first-order valence-corrected chi connectivity index (χ1v) is 5.59. The summed E-state index contributed by atoms with van der Waals surface area (Å²) in [4.78, 5) is 10.9. The van der Waals surface area contributed by atoms with Crippen LogP contribution in [0.15, 0.2) is 18.2 Å². The third-order valence-electron chi connectivity index (χ3n) is 2.45. The SMILES string of the molecule is CCCC(Cc1ccc(Cl)c(F)c1)C(=O)O. The van der Waals surface area contributed by atoms with E-state index in [1.165, 1.54) is 12.1 Å². The maximum Gasteiger partial charge on any atom is 0.306 e. The molecule has 0 fully saturated rings. The van der Waals surface area contributed by atoms with Crippen LogP contribution in [0.2, 0.25) is 5.02 Å². The van der Waals surface area contributed by atoms with Gasteiger partial charge in [0.05, 0.1) is 10.9 Å². The van der Waals surface area contributed by atoms with E-state index in [0.717, 1.165) is 6.42 Å². The standard InChI is InChI=1S/C12H14ClFO2/c1-2-3-9(12(15)16)6-8-4-5-10(13)11(14)7-8/h4-5,7,9H,2-3,6H2,1H3,(H,15,16). The van der Waals surface area contributed by atoms with E-state index < -0.39 is 17.7 Å². The first-order chi connectivity index (χ1) is 7.54. The average molecular weight is 245 g/mol. The molecule has 0 aliphatic heterocycles. The van der Waals surface area contributed by atoms with Crippen LogP contribution in [0.25, 0.3) is 0 Å². The summed E-state index contributed by atoms with van der Waals surface area (Å²) in [6, 6.07) is 4.42. The summed E-state index contributed by atoms with van der Waals surface area (Å²) in [7, 11) is 0. The minimum absolute atomic E-state index is 0.0612. The summed E-state index contributed by atoms with van der Waals surface area (Å²) < 4.78 is 13.1. The molecule has 0 amide bonds. The fourth-order valence-electron chi connectivity index (χ4n) is 1.61. The first kappa shape index (κ1) is 13.0. The molecule has 0 aliphatic rings. The molecule has 88 valence electrons. The quantitative estimate of drug-likeness (QED) is 0.861. The summed E-state index contributed by atoms with van der Waals surface area (Å²) >= 11 is 5.55. The van der Waals surface area contributed by atoms with Gasteiger partial charge in [-0.15, -0.1) is 0 Å². The Labute approximate surface area is 99.0 Å². The van der Waals surface area contributed by atoms with Gasteiger partial charge in [0.15, 0.2) is 0 Å². The molecule has 0 radical (unpaired) electrons. The van der Waals surface area contributed by atoms with Crippen molar-refractivity contribution in [2.45, 2.75) is 26.2 Å². The zero-order valence-electron chi connectivity index (χ0n) is 9.04. The van der Waals surface area contributed by atoms with Crippen molar-refractivity contribution in [2.24, 2.45) is 5.92 Å². The highest BCUT2D eigenvalue weighted by Gasteiger charge is 2.17. The summed E-state index contributed by atoms with van der Waals surface area (Å²) in [5, 5.41) is 9.03. The monoisotopic (exact) mass is 244 g/mol. The van der Waals surface area contributed by atoms with Crippen LogP contribution >= 0.6 is 11.6 Å². The van der Waals surface area contributed by atoms with Crippen molar-refractivity contribution in [1.29, 1.82) is 0 Å². The van der Waals surface area contributed by atoms with E-state index in [0.29, 0.717) is 18.4 Å². The first-order valence-electron chi connectivity index (χ1n) is 5.21. The van der Waals surface area contributed by atoms with E-state index >= 15 is 0 Å². The minimum atomic E-state index is -0.836. The Balaban J connectivity index is 2.77. The van der Waals surface area contributed by atoms with Crippen molar-refractivity contribution in [2.75, 3.05) is 0 Å². The summed E-state index contributed by atoms with van der Waals surface area (Å²) in [6.45, 7) is 1.93. The molecule has 2 nitrogen and oxygen atoms in total. The van der Waals surface area contributed by atoms with Crippen molar-refractivity contribution < 1.29 is 14.3 Å². The Morgan fingerprint density at radius 3 is 2.75 bits per heavy atom. The van der Waals surface area contributed by atoms with Gasteiger partial charge in [-0.05, 0) is 30.5 Å². The van der Waals surface area contributed by atoms with Gasteiger partial charge in [0.2, 0.25) is 0 Å². The molecule has 0 bridgehead atoms. The van der Waals surface area contributed by atoms with Crippen LogP contribution in [0, 0.1) is 11.7 Å². The summed E-state index contributed by atoms with van der Waals surface area (Å²) in [6.07, 6.45) is 1.74. The highest BCUT2D eigenvalue weighted by Crippen LogP contribution is 2.19. The van der Waals surface area contributed by atoms with Gasteiger partial charge < -0.3 is 5.11 Å². The number of hydrogen-bond acceptors (Lipinski definition) is 1. The number of rotatable bonds is 5. The van der Waals surface area contributed by atoms with Crippen molar-refractivity contribution in [3.8, 4) is 0 Å². The molecule has 0 saturated carbocycles. The Morgan fingerprint density at radius 2 is 2.25 bits per heavy atom. The van der Waals surface area contributed by atoms with Gasteiger partial charge in [-0.3, -0.25) is 4.79 Å². The van der Waals surface area contributed by atoms with Gasteiger partial charge in [-0.2, -0.15) is 0 Å². The van der Waals surface area contributed by atoms with Crippen LogP contribution in [-0.2, 0) is 11.2 Å². The van der Waals surface area contributed by atoms with Crippen molar-refractivity contribution in [3.05, 3.63) is 34.6 Å². The second-order valence-electron chi connectivity index (χ2n) is 3.78. The molecule has 1 aromatic rings. The van der Waals surface area contributed by atoms with Crippen LogP contribution in [-0.4, -0.2) is 11.1 Å². The highest BCUT2D eigenvalue weighted by atomic mass is 35.5. The van der Waals surface area contributed by atoms with E-state index in [1.807, 2.05) is 6.92 Å². The highest BCUT2D eigenvalue weighted by molar-refractivity contribution is 6.30. The lowest BCUT2D eigenvalue weighted by molar-refractivity contribution is -0.141. The molecule has 16 heavy (non-hydrogen) atoms. The van der Waals surface area contributed by atoms with Gasteiger partial charge in [0, 0.05) is 0 Å². The van der Waals surface area contributed by atoms with Crippen molar-refractivity contribution in [1.82, 2.24) is 0 Å². The predicted molar refractivity (Wildman–Crippen MR) is 61.1 cm³/mol. The van der Waals surface area contributed by atoms with Gasteiger partial charge in [-0.1, -0.05) is 31.0 Å². The molecule has 4 heteroatoms. The molecule has 0 aliphatic carbocycles. The lowest BCUT2D eigenvalue weighted by atomic mass is 9.95. The fourth-order valence-corrected chi connectivity index (χ4v) is 1.73. The molecule has 1 unspecified atom stereocenters. The largest absolute Gasteiger partial charge is 0.481 e. The number of hydrogen-bond donors (Lipinski definition) is 1. The van der Waals surface area contributed by atoms with E-state index in [1.54, 1.807) is 6.07 Å². The zero-order valence-corrected chi connectivity index (χ0v) is 9.80. The summed E-state index contributed by atoms with van der Waals surface area (Å²) in [5.74, 6) is -1.79. The maximum absolute atomic E-state index is 13.1. The van der Waals surface area contributed by atoms with Crippen molar-refractivity contribution >= 4 is 17.6 Å². The smallest absolute Gasteiger partial charge is 0.306 e. The summed E-state index contributed by atoms with van der Waals surface area (Å²) in [5.41, 5.74) is 0.669. The van der Waals surface area contributed by atoms with Gasteiger partial charge in [0.25, 0.3) is 0 Å². The third-order valence-corrected chi connectivity index (χ3v) is 2.76. The van der Waals surface area contributed by atoms with Crippen LogP contribution in [0.3, 0.4) is 0 Å². The van der Waals surface area contributed by atoms with Crippen LogP contribution in [0.5, 0.6) is 0 Å². The van der Waals surface area contributed by atoms with Gasteiger partial charge in [0.1, 0.15) is 5.82 Å². The third kappa shape index (κ3) is 3.49. The molecule has 1 atom stereocenters. The van der Waals surface area contributed by atoms with Crippen LogP contribution in [0.4, 0.5) is 4.39 Å². The minimum Gasteiger partial charge on any atom is -0.481 e. The Hall–Kier alpha value is -1.09. The Kier molecular flexibility index (Phi) is 4.74. The number of carbonyl (C=O) groups is 1. The van der Waals surface area contributed by atoms with Crippen molar-refractivity contribution in [3.63, 3.8) is 0 Å². The lowest BCUT2D eigenvalue weighted by Gasteiger charge is -2.11. The number of benzene rings is 1. The molecular weight excluding hydrogens is 231 g/mol. The predicted octanol–water partition coefficient (Wildman–Crippen LogP) is 3.52. The van der Waals surface area contributed by atoms with Crippen LogP contribution < -0.4 is 0 Å². The number of halogens is 2. The fraction of sp³-hybridized carbons (Fsp3) is 0.417. The number of carboxylic acid groups (broad SMARTS) is 1. The zero-order chi connectivity index (χ0) is 12.1. The van der Waals surface area contributed by atoms with E-state index in [4.69, 9.17) is 16.7 Å². The van der Waals surface area contributed by atoms with Gasteiger partial charge in [-0.25, -0.2) is 4.39 Å². The Bertz CT molecular complexity index is 379. The Morgan fingerprint density at radius 1 is 1.56 bits per heavy atom. The molecular formula is C12H14ClFO2. The van der Waals surface area contributed by atoms with E-state index in [-0.39, 0.29) is 5.02 Å². The topological polar surface area (TPSA) is 37.3 Å². The second-order valence-corrected chi connectivity index (χ2v) is 4.18. The normalized spacial score (nSPS) is 12.4. The maximum atomic E-state index is 13.1. The average Bonchev–Trinajstić information content (AvgIpc) is 2.22. The van der Waals surface area contributed by atoms with E-state index in [2.05, 4.69) is 0 Å². The molecule has 0 aromatic heterocycles. The molecule has 0 spiro atoms. The van der Waals surface area contributed by atoms with E-state index in [9.17, 15) is 9.18 Å². The van der Waals surface area contributed by atoms with Crippen LogP contribution in [0.1, 0.15) is 25.3 Å². The molecule has 0 heterocycles. The molecule has 1 aromatic carbocycles. The lowest BCUT2D eigenvalue weighted by Crippen LogP contribution is -2.16. The molecule has 1 N–H and O–H groups in total. The van der Waals surface area contributed by atoms with Gasteiger partial charge >= 0.3 is 5.97 Å². The number of aliphatic carboxylic acids is 1. The molecule has 0 saturated heterocycles.